The van der Waals surface area contributed by atoms with Gasteiger partial charge in [-0.25, -0.2) is 0 Å². The molecule has 4 N–H and O–H groups in total. The van der Waals surface area contributed by atoms with Gasteiger partial charge in [0.2, 0.25) is 11.8 Å². The first-order valence-corrected chi connectivity index (χ1v) is 13.7. The second kappa shape index (κ2) is 14.7. The van der Waals surface area contributed by atoms with Crippen molar-refractivity contribution in [1.82, 2.24) is 20.9 Å². The minimum Gasteiger partial charge on any atom is -0.490 e. The molecule has 2 heterocycles. The van der Waals surface area contributed by atoms with Gasteiger partial charge in [-0.05, 0) is 49.3 Å². The number of carbonyl (C=O) groups excluding carboxylic acids is 3. The Balaban J connectivity index is 1.68. The summed E-state index contributed by atoms with van der Waals surface area (Å²) < 4.78 is 16.3. The average molecular weight is 556 g/mol. The van der Waals surface area contributed by atoms with E-state index in [1.54, 1.807) is 13.2 Å². The Kier molecular flexibility index (Phi) is 11.3. The first-order chi connectivity index (χ1) is 19.1. The summed E-state index contributed by atoms with van der Waals surface area (Å²) in [6, 6.07) is 7.55. The summed E-state index contributed by atoms with van der Waals surface area (Å²) in [6.07, 6.45) is 2.09. The number of benzene rings is 1. The Labute approximate surface area is 235 Å². The molecule has 2 aromatic rings. The van der Waals surface area contributed by atoms with E-state index in [0.29, 0.717) is 51.6 Å². The smallest absolute Gasteiger partial charge is 0.268 e. The van der Waals surface area contributed by atoms with Gasteiger partial charge in [0.1, 0.15) is 30.1 Å². The van der Waals surface area contributed by atoms with Crippen LogP contribution in [0.4, 0.5) is 0 Å². The van der Waals surface area contributed by atoms with Gasteiger partial charge < -0.3 is 35.1 Å². The quantitative estimate of drug-likeness (QED) is 0.261. The van der Waals surface area contributed by atoms with Crippen LogP contribution in [0.3, 0.4) is 0 Å². The summed E-state index contributed by atoms with van der Waals surface area (Å²) in [5.41, 5.74) is 0.716. The number of nitrogens with one attached hydrogen (secondary N) is 4. The van der Waals surface area contributed by atoms with Gasteiger partial charge in [0.25, 0.3) is 5.91 Å². The molecule has 0 saturated carbocycles. The lowest BCUT2D eigenvalue weighted by molar-refractivity contribution is -0.128. The molecule has 3 rings (SSSR count). The minimum absolute atomic E-state index is 0.0962. The van der Waals surface area contributed by atoms with Crippen LogP contribution in [0, 0.1) is 22.7 Å². The van der Waals surface area contributed by atoms with Gasteiger partial charge in [-0.2, -0.15) is 5.26 Å². The molecule has 1 saturated heterocycles. The molecule has 0 spiro atoms. The van der Waals surface area contributed by atoms with Crippen molar-refractivity contribution in [3.05, 3.63) is 30.0 Å². The fourth-order valence-electron chi connectivity index (χ4n) is 4.65. The highest BCUT2D eigenvalue weighted by atomic mass is 16.5. The van der Waals surface area contributed by atoms with Crippen LogP contribution >= 0.6 is 0 Å². The van der Waals surface area contributed by atoms with Crippen LogP contribution in [0.5, 0.6) is 5.75 Å². The molecule has 0 radical (unpaired) electrons. The predicted molar refractivity (Wildman–Crippen MR) is 150 cm³/mol. The molecule has 1 fully saturated rings. The van der Waals surface area contributed by atoms with Crippen LogP contribution < -0.4 is 20.7 Å². The third-order valence-corrected chi connectivity index (χ3v) is 6.62. The number of piperidine rings is 1. The summed E-state index contributed by atoms with van der Waals surface area (Å²) in [5.74, 6) is -0.722. The van der Waals surface area contributed by atoms with E-state index >= 15 is 0 Å². The zero-order chi connectivity index (χ0) is 29.1. The molecule has 1 aromatic carbocycles. The minimum atomic E-state index is -0.880. The van der Waals surface area contributed by atoms with E-state index < -0.39 is 23.9 Å². The molecule has 3 amide bonds. The summed E-state index contributed by atoms with van der Waals surface area (Å²) in [4.78, 5) is 41.8. The lowest BCUT2D eigenvalue weighted by Crippen LogP contribution is -2.51. The van der Waals surface area contributed by atoms with Crippen molar-refractivity contribution in [2.45, 2.75) is 58.5 Å². The molecule has 40 heavy (non-hydrogen) atoms. The van der Waals surface area contributed by atoms with Crippen LogP contribution in [0.15, 0.2) is 24.3 Å². The van der Waals surface area contributed by atoms with Gasteiger partial charge in [-0.1, -0.05) is 26.8 Å². The fraction of sp³-hybridized carbons (Fsp3) is 0.586. The first kappa shape index (κ1) is 30.9. The topological polar surface area (TPSA) is 155 Å². The fourth-order valence-corrected chi connectivity index (χ4v) is 4.65. The van der Waals surface area contributed by atoms with E-state index in [4.69, 9.17) is 14.2 Å². The average Bonchev–Trinajstić information content (AvgIpc) is 3.36. The number of carbonyl (C=O) groups is 3. The molecular formula is C29H41N5O6. The first-order valence-electron chi connectivity index (χ1n) is 13.7. The van der Waals surface area contributed by atoms with Crippen LogP contribution in [0.1, 0.15) is 56.9 Å². The summed E-state index contributed by atoms with van der Waals surface area (Å²) in [7, 11) is 1.61. The number of H-pyrrole nitrogens is 1. The van der Waals surface area contributed by atoms with Crippen LogP contribution in [0.2, 0.25) is 0 Å². The van der Waals surface area contributed by atoms with E-state index in [1.807, 2.05) is 39.0 Å². The highest BCUT2D eigenvalue weighted by Crippen LogP contribution is 2.27. The molecule has 3 unspecified atom stereocenters. The molecule has 0 bridgehead atoms. The number of nitrogens with zero attached hydrogens (tertiary/aromatic N) is 1. The zero-order valence-corrected chi connectivity index (χ0v) is 23.8. The maximum absolute atomic E-state index is 13.3. The normalized spacial score (nSPS) is 17.0. The third kappa shape index (κ3) is 9.24. The van der Waals surface area contributed by atoms with Gasteiger partial charge in [-0.15, -0.1) is 0 Å². The maximum Gasteiger partial charge on any atom is 0.268 e. The number of aromatic nitrogens is 1. The number of aromatic amines is 1. The highest BCUT2D eigenvalue weighted by molar-refractivity contribution is 6.01. The second-order valence-electron chi connectivity index (χ2n) is 11.2. The lowest BCUT2D eigenvalue weighted by atomic mass is 9.87. The van der Waals surface area contributed by atoms with Crippen molar-refractivity contribution in [2.24, 2.45) is 11.3 Å². The molecule has 3 atom stereocenters. The van der Waals surface area contributed by atoms with Crippen molar-refractivity contribution < 1.29 is 28.6 Å². The van der Waals surface area contributed by atoms with E-state index in [9.17, 15) is 19.6 Å². The van der Waals surface area contributed by atoms with Gasteiger partial charge in [0, 0.05) is 30.5 Å². The maximum atomic E-state index is 13.3. The SMILES string of the molecule is COCCOCCOc1cccc2[nH]c(C(=O)NC(CC(C)(C)C)C(=O)NC(C#N)CC3CCCNC3=O)cc12. The summed E-state index contributed by atoms with van der Waals surface area (Å²) in [6.45, 7) is 8.27. The lowest BCUT2D eigenvalue weighted by Gasteiger charge is -2.28. The highest BCUT2D eigenvalue weighted by Gasteiger charge is 2.31. The predicted octanol–water partition coefficient (Wildman–Crippen LogP) is 2.67. The van der Waals surface area contributed by atoms with Gasteiger partial charge in [0.15, 0.2) is 0 Å². The molecular weight excluding hydrogens is 514 g/mol. The van der Waals surface area contributed by atoms with Crippen molar-refractivity contribution in [3.8, 4) is 11.8 Å². The van der Waals surface area contributed by atoms with Crippen LogP contribution in [-0.4, -0.2) is 74.9 Å². The van der Waals surface area contributed by atoms with Gasteiger partial charge in [0.05, 0.1) is 25.9 Å². The van der Waals surface area contributed by atoms with E-state index in [-0.39, 0.29) is 29.4 Å². The zero-order valence-electron chi connectivity index (χ0n) is 23.8. The van der Waals surface area contributed by atoms with Crippen molar-refractivity contribution in [3.63, 3.8) is 0 Å². The molecule has 1 aromatic heterocycles. The Morgan fingerprint density at radius 3 is 2.65 bits per heavy atom. The summed E-state index contributed by atoms with van der Waals surface area (Å²) >= 11 is 0. The van der Waals surface area contributed by atoms with Crippen LogP contribution in [0.25, 0.3) is 10.9 Å². The standard InChI is InChI=1S/C29H41N5O6/c1-29(2,3)17-24(28(37)32-20(18-30)15-19-7-6-10-31-26(19)35)34-27(36)23-16-21-22(33-23)8-5-9-25(21)40-14-13-39-12-11-38-4/h5,8-9,16,19-20,24,33H,6-7,10-15,17H2,1-4H3,(H,31,35)(H,32,37)(H,34,36). The molecule has 0 aliphatic carbocycles. The number of hydrogen-bond acceptors (Lipinski definition) is 7. The Bertz CT molecular complexity index is 1200. The molecule has 11 nitrogen and oxygen atoms in total. The largest absolute Gasteiger partial charge is 0.490 e. The molecule has 11 heteroatoms. The van der Waals surface area contributed by atoms with Gasteiger partial charge >= 0.3 is 0 Å². The van der Waals surface area contributed by atoms with Crippen molar-refractivity contribution >= 4 is 28.6 Å². The number of nitriles is 1. The number of amides is 3. The molecule has 1 aliphatic rings. The number of rotatable bonds is 14. The third-order valence-electron chi connectivity index (χ3n) is 6.62. The Morgan fingerprint density at radius 2 is 1.95 bits per heavy atom. The summed E-state index contributed by atoms with van der Waals surface area (Å²) in [5, 5.41) is 18.8. The molecule has 218 valence electrons. The monoisotopic (exact) mass is 555 g/mol. The second-order valence-corrected chi connectivity index (χ2v) is 11.2. The van der Waals surface area contributed by atoms with Gasteiger partial charge in [-0.3, -0.25) is 14.4 Å². The number of fused-ring (bicyclic) bond motifs is 1. The van der Waals surface area contributed by atoms with Crippen molar-refractivity contribution in [1.29, 1.82) is 5.26 Å². The number of hydrogen-bond donors (Lipinski definition) is 4. The Morgan fingerprint density at radius 1 is 1.18 bits per heavy atom. The van der Waals surface area contributed by atoms with E-state index in [0.717, 1.165) is 17.3 Å². The van der Waals surface area contributed by atoms with Crippen molar-refractivity contribution in [2.75, 3.05) is 40.1 Å². The molecule has 1 aliphatic heterocycles. The van der Waals surface area contributed by atoms with E-state index in [1.165, 1.54) is 0 Å². The van der Waals surface area contributed by atoms with Crippen LogP contribution in [-0.2, 0) is 19.1 Å². The number of ether oxygens (including phenoxy) is 3. The Hall–Kier alpha value is -3.62. The number of methoxy groups -OCH3 is 1. The van der Waals surface area contributed by atoms with E-state index in [2.05, 4.69) is 27.0 Å².